The van der Waals surface area contributed by atoms with Crippen LogP contribution in [-0.4, -0.2) is 13.1 Å². The summed E-state index contributed by atoms with van der Waals surface area (Å²) in [6, 6.07) is 32.4. The average Bonchev–Trinajstić information content (AvgIpc) is 3.75. The van der Waals surface area contributed by atoms with Crippen LogP contribution in [0.5, 0.6) is 5.75 Å². The Hall–Kier alpha value is -5.81. The Kier molecular flexibility index (Phi) is 12.7. The number of nitriles is 1. The van der Waals surface area contributed by atoms with Crippen molar-refractivity contribution < 1.29 is 9.47 Å². The lowest BCUT2D eigenvalue weighted by atomic mass is 9.87. The van der Waals surface area contributed by atoms with Gasteiger partial charge in [-0.15, -0.1) is 11.3 Å². The van der Waals surface area contributed by atoms with Gasteiger partial charge >= 0.3 is 0 Å². The molecular formula is C44H42N4O2S. The smallest absolute Gasteiger partial charge is 0.292 e. The van der Waals surface area contributed by atoms with Crippen LogP contribution in [0.4, 0.5) is 5.69 Å². The maximum atomic E-state index is 9.61. The molecule has 5 rings (SSSR count). The summed E-state index contributed by atoms with van der Waals surface area (Å²) >= 11 is 1.62. The highest BCUT2D eigenvalue weighted by molar-refractivity contribution is 7.13. The van der Waals surface area contributed by atoms with Gasteiger partial charge in [-0.25, -0.2) is 15.0 Å². The van der Waals surface area contributed by atoms with Crippen molar-refractivity contribution in [1.29, 1.82) is 5.26 Å². The topological polar surface area (TPSA) is 54.2 Å². The largest absolute Gasteiger partial charge is 0.500 e. The van der Waals surface area contributed by atoms with E-state index in [2.05, 4.69) is 77.0 Å². The lowest BCUT2D eigenvalue weighted by Gasteiger charge is -2.28. The Balaban J connectivity index is 1.43. The van der Waals surface area contributed by atoms with Crippen molar-refractivity contribution in [2.45, 2.75) is 58.7 Å². The molecule has 1 unspecified atom stereocenters. The molecule has 2 heterocycles. The molecule has 0 radical (unpaired) electrons. The van der Waals surface area contributed by atoms with Gasteiger partial charge in [0.25, 0.3) is 5.70 Å². The number of benzene rings is 3. The highest BCUT2D eigenvalue weighted by Crippen LogP contribution is 2.48. The van der Waals surface area contributed by atoms with E-state index in [-0.39, 0.29) is 17.2 Å². The second-order valence-corrected chi connectivity index (χ2v) is 13.5. The summed E-state index contributed by atoms with van der Waals surface area (Å²) in [6.45, 7) is 24.3. The second kappa shape index (κ2) is 17.7. The number of anilines is 1. The zero-order valence-corrected chi connectivity index (χ0v) is 30.2. The van der Waals surface area contributed by atoms with Crippen molar-refractivity contribution in [3.05, 3.63) is 169 Å². The van der Waals surface area contributed by atoms with Crippen molar-refractivity contribution in [2.24, 2.45) is 0 Å². The highest BCUT2D eigenvalue weighted by atomic mass is 32.1. The Morgan fingerprint density at radius 2 is 1.53 bits per heavy atom. The number of allylic oxidation sites excluding steroid dienone is 1. The second-order valence-electron chi connectivity index (χ2n) is 12.4. The first-order chi connectivity index (χ1) is 24.9. The Labute approximate surface area is 306 Å². The minimum absolute atomic E-state index is 0.0264. The maximum absolute atomic E-state index is 9.61. The van der Waals surface area contributed by atoms with E-state index < -0.39 is 5.60 Å². The van der Waals surface area contributed by atoms with E-state index in [1.165, 1.54) is 5.69 Å². The van der Waals surface area contributed by atoms with E-state index in [0.29, 0.717) is 12.2 Å². The number of nitrogens with zero attached hydrogens (tertiary/aromatic N) is 4. The number of ether oxygens (including phenoxy) is 2. The fourth-order valence-electron chi connectivity index (χ4n) is 5.93. The SMILES string of the molecule is [C-]#[N+]C1=C(/C=C/c2ccc(/C=C/c3ccc(N(CCCC)CCCC)cc3OCc3ccccc3)s2)C(C)(c2ccccc2)O/C1=C(\C#N)[N+]#[C-]. The number of hydrogen-bond acceptors (Lipinski definition) is 5. The standard InChI is InChI=1S/C44H42N4O2S/c1-6-8-28-48(29-9-7-2)36-22-20-34(41(30-36)49-32-33-16-12-10-13-17-33)21-23-37-24-25-38(51-37)26-27-39-42(47-5)43(40(31-45)46-4)50-44(39,3)35-18-14-11-15-19-35/h10-27,30H,6-9,28-29,32H2,1-3H3/b23-21+,27-26+,43-40+. The van der Waals surface area contributed by atoms with Gasteiger partial charge in [0, 0.05) is 45.7 Å². The van der Waals surface area contributed by atoms with E-state index >= 15 is 0 Å². The van der Waals surface area contributed by atoms with Gasteiger partial charge in [0.1, 0.15) is 23.7 Å². The normalized spacial score (nSPS) is 16.5. The van der Waals surface area contributed by atoms with E-state index in [1.807, 2.05) is 79.7 Å². The molecule has 4 aromatic rings. The van der Waals surface area contributed by atoms with Crippen molar-refractivity contribution in [2.75, 3.05) is 18.0 Å². The van der Waals surface area contributed by atoms with Crippen molar-refractivity contribution >= 4 is 35.3 Å². The van der Waals surface area contributed by atoms with Crippen molar-refractivity contribution in [3.8, 4) is 11.8 Å². The first-order valence-electron chi connectivity index (χ1n) is 17.3. The predicted molar refractivity (Wildman–Crippen MR) is 209 cm³/mol. The van der Waals surface area contributed by atoms with E-state index in [4.69, 9.17) is 22.6 Å². The van der Waals surface area contributed by atoms with Gasteiger partial charge in [0.2, 0.25) is 5.70 Å². The van der Waals surface area contributed by atoms with Crippen LogP contribution in [0.3, 0.4) is 0 Å². The molecule has 0 saturated heterocycles. The molecular weight excluding hydrogens is 649 g/mol. The lowest BCUT2D eigenvalue weighted by Crippen LogP contribution is -2.25. The minimum atomic E-state index is -1.04. The van der Waals surface area contributed by atoms with Gasteiger partial charge in [-0.3, -0.25) is 0 Å². The third kappa shape index (κ3) is 8.87. The number of thiophene rings is 1. The molecule has 0 amide bonds. The van der Waals surface area contributed by atoms with Crippen molar-refractivity contribution in [3.63, 3.8) is 0 Å². The molecule has 0 N–H and O–H groups in total. The zero-order valence-electron chi connectivity index (χ0n) is 29.4. The zero-order chi connectivity index (χ0) is 36.1. The van der Waals surface area contributed by atoms with Crippen LogP contribution >= 0.6 is 11.3 Å². The van der Waals surface area contributed by atoms with Crippen LogP contribution in [0.15, 0.2) is 120 Å². The molecule has 6 nitrogen and oxygen atoms in total. The van der Waals surface area contributed by atoms with Gasteiger partial charge in [-0.05, 0) is 73.4 Å². The summed E-state index contributed by atoms with van der Waals surface area (Å²) in [5, 5.41) is 9.61. The summed E-state index contributed by atoms with van der Waals surface area (Å²) in [5.41, 5.74) is 3.65. The molecule has 7 heteroatoms. The average molecular weight is 691 g/mol. The van der Waals surface area contributed by atoms with E-state index in [1.54, 1.807) is 11.3 Å². The van der Waals surface area contributed by atoms with E-state index in [0.717, 1.165) is 71.0 Å². The van der Waals surface area contributed by atoms with Crippen LogP contribution < -0.4 is 9.64 Å². The molecule has 0 saturated carbocycles. The molecule has 0 bridgehead atoms. The predicted octanol–water partition coefficient (Wildman–Crippen LogP) is 11.7. The van der Waals surface area contributed by atoms with Crippen LogP contribution in [0.1, 0.15) is 72.9 Å². The van der Waals surface area contributed by atoms with E-state index in [9.17, 15) is 5.26 Å². The molecule has 51 heavy (non-hydrogen) atoms. The summed E-state index contributed by atoms with van der Waals surface area (Å²) in [4.78, 5) is 11.6. The molecule has 0 aliphatic carbocycles. The Bertz CT molecular complexity index is 2030. The fourth-order valence-corrected chi connectivity index (χ4v) is 6.75. The number of rotatable bonds is 15. The van der Waals surface area contributed by atoms with Gasteiger partial charge in [0.15, 0.2) is 0 Å². The van der Waals surface area contributed by atoms with Crippen LogP contribution in [0, 0.1) is 24.5 Å². The molecule has 1 atom stereocenters. The van der Waals surface area contributed by atoms with Gasteiger partial charge in [-0.1, -0.05) is 93.4 Å². The lowest BCUT2D eigenvalue weighted by molar-refractivity contribution is 0.0753. The number of hydrogen-bond donors (Lipinski definition) is 0. The Morgan fingerprint density at radius 1 is 0.882 bits per heavy atom. The fraction of sp³-hybridized carbons (Fsp3) is 0.250. The minimum Gasteiger partial charge on any atom is -0.500 e. The van der Waals surface area contributed by atoms with Crippen LogP contribution in [0.2, 0.25) is 0 Å². The summed E-state index contributed by atoms with van der Waals surface area (Å²) < 4.78 is 12.7. The molecule has 1 aliphatic rings. The molecule has 3 aromatic carbocycles. The first kappa shape index (κ1) is 36.5. The van der Waals surface area contributed by atoms with Gasteiger partial charge < -0.3 is 14.4 Å². The quantitative estimate of drug-likeness (QED) is 0.0920. The molecule has 1 aliphatic heterocycles. The first-order valence-corrected chi connectivity index (χ1v) is 18.2. The van der Waals surface area contributed by atoms with Crippen LogP contribution in [0.25, 0.3) is 27.9 Å². The third-order valence-electron chi connectivity index (χ3n) is 8.81. The van der Waals surface area contributed by atoms with Crippen molar-refractivity contribution in [1.82, 2.24) is 0 Å². The number of unbranched alkanes of at least 4 members (excludes halogenated alkanes) is 2. The third-order valence-corrected chi connectivity index (χ3v) is 9.83. The summed E-state index contributed by atoms with van der Waals surface area (Å²) in [5.74, 6) is 0.876. The van der Waals surface area contributed by atoms with Gasteiger partial charge in [0.05, 0.1) is 19.2 Å². The monoisotopic (exact) mass is 690 g/mol. The molecule has 256 valence electrons. The Morgan fingerprint density at radius 3 is 2.14 bits per heavy atom. The van der Waals surface area contributed by atoms with Gasteiger partial charge in [-0.2, -0.15) is 0 Å². The molecule has 1 aromatic heterocycles. The maximum Gasteiger partial charge on any atom is 0.292 e. The summed E-state index contributed by atoms with van der Waals surface area (Å²) in [6.07, 6.45) is 12.6. The highest BCUT2D eigenvalue weighted by Gasteiger charge is 2.43. The molecule has 0 fully saturated rings. The molecule has 0 spiro atoms. The summed E-state index contributed by atoms with van der Waals surface area (Å²) in [7, 11) is 0. The van der Waals surface area contributed by atoms with Crippen LogP contribution in [-0.2, 0) is 16.9 Å².